The highest BCUT2D eigenvalue weighted by atomic mass is 16.5. The van der Waals surface area contributed by atoms with Gasteiger partial charge in [0.15, 0.2) is 0 Å². The van der Waals surface area contributed by atoms with Crippen molar-refractivity contribution in [2.24, 2.45) is 0 Å². The SMILES string of the molecule is CCCC(NC)C(c1ccccc1CO)C1CCC(C(=O)OCc2ccccc2)N1. The second-order valence-electron chi connectivity index (χ2n) is 8.06. The van der Waals surface area contributed by atoms with E-state index in [2.05, 4.69) is 23.6 Å². The molecule has 1 aliphatic heterocycles. The molecule has 1 fully saturated rings. The molecule has 3 rings (SSSR count). The first kappa shape index (κ1) is 22.5. The van der Waals surface area contributed by atoms with E-state index >= 15 is 0 Å². The third kappa shape index (κ3) is 5.48. The van der Waals surface area contributed by atoms with Gasteiger partial charge in [0.05, 0.1) is 6.61 Å². The average Bonchev–Trinajstić information content (AvgIpc) is 3.28. The van der Waals surface area contributed by atoms with Crippen molar-refractivity contribution in [3.63, 3.8) is 0 Å². The largest absolute Gasteiger partial charge is 0.460 e. The number of ether oxygens (including phenoxy) is 1. The Hall–Kier alpha value is -2.21. The first-order valence-electron chi connectivity index (χ1n) is 11.0. The summed E-state index contributed by atoms with van der Waals surface area (Å²) in [7, 11) is 2.00. The molecule has 1 saturated heterocycles. The quantitative estimate of drug-likeness (QED) is 0.523. The summed E-state index contributed by atoms with van der Waals surface area (Å²) in [6.45, 7) is 2.50. The Balaban J connectivity index is 1.72. The predicted molar refractivity (Wildman–Crippen MR) is 119 cm³/mol. The summed E-state index contributed by atoms with van der Waals surface area (Å²) in [5, 5.41) is 16.9. The fraction of sp³-hybridized carbons (Fsp3) is 0.480. The standard InChI is InChI=1S/C25H34N2O3/c1-3-9-21(26-2)24(20-13-8-7-12-19(20)16-28)22-14-15-23(27-22)25(29)30-17-18-10-5-4-6-11-18/h4-8,10-13,21-24,26-28H,3,9,14-17H2,1-2H3. The number of benzene rings is 2. The van der Waals surface area contributed by atoms with Gasteiger partial charge in [-0.15, -0.1) is 0 Å². The number of aliphatic hydroxyl groups is 1. The van der Waals surface area contributed by atoms with Crippen LogP contribution >= 0.6 is 0 Å². The van der Waals surface area contributed by atoms with Crippen molar-refractivity contribution in [2.75, 3.05) is 7.05 Å². The van der Waals surface area contributed by atoms with Gasteiger partial charge in [-0.05, 0) is 43.0 Å². The Morgan fingerprint density at radius 3 is 2.60 bits per heavy atom. The number of hydrogen-bond donors (Lipinski definition) is 3. The lowest BCUT2D eigenvalue weighted by atomic mass is 9.80. The van der Waals surface area contributed by atoms with Crippen LogP contribution in [0.1, 0.15) is 55.2 Å². The molecule has 162 valence electrons. The molecule has 2 aromatic rings. The highest BCUT2D eigenvalue weighted by Gasteiger charge is 2.38. The van der Waals surface area contributed by atoms with Crippen molar-refractivity contribution in [1.82, 2.24) is 10.6 Å². The predicted octanol–water partition coefficient (Wildman–Crippen LogP) is 3.51. The third-order valence-corrected chi connectivity index (χ3v) is 6.11. The van der Waals surface area contributed by atoms with Crippen LogP contribution in [0.15, 0.2) is 54.6 Å². The van der Waals surface area contributed by atoms with E-state index in [0.717, 1.165) is 42.4 Å². The molecule has 3 N–H and O–H groups in total. The van der Waals surface area contributed by atoms with Crippen LogP contribution in [0.4, 0.5) is 0 Å². The number of likely N-dealkylation sites (N-methyl/N-ethyl adjacent to an activating group) is 1. The summed E-state index contributed by atoms with van der Waals surface area (Å²) in [4.78, 5) is 12.7. The first-order chi connectivity index (χ1) is 14.7. The summed E-state index contributed by atoms with van der Waals surface area (Å²) in [5.74, 6) is -0.0164. The Bertz CT molecular complexity index is 796. The highest BCUT2D eigenvalue weighted by Crippen LogP contribution is 2.34. The van der Waals surface area contributed by atoms with Crippen LogP contribution in [0, 0.1) is 0 Å². The van der Waals surface area contributed by atoms with Crippen LogP contribution in [-0.2, 0) is 22.7 Å². The van der Waals surface area contributed by atoms with Crippen molar-refractivity contribution in [3.8, 4) is 0 Å². The minimum absolute atomic E-state index is 0.0184. The van der Waals surface area contributed by atoms with Gasteiger partial charge in [-0.2, -0.15) is 0 Å². The highest BCUT2D eigenvalue weighted by molar-refractivity contribution is 5.76. The minimum Gasteiger partial charge on any atom is -0.460 e. The van der Waals surface area contributed by atoms with Crippen molar-refractivity contribution in [1.29, 1.82) is 0 Å². The lowest BCUT2D eigenvalue weighted by Gasteiger charge is -2.34. The zero-order valence-corrected chi connectivity index (χ0v) is 18.0. The number of aliphatic hydroxyl groups excluding tert-OH is 1. The molecule has 2 aromatic carbocycles. The van der Waals surface area contributed by atoms with Gasteiger partial charge in [-0.1, -0.05) is 67.9 Å². The molecular weight excluding hydrogens is 376 g/mol. The molecule has 0 amide bonds. The number of hydrogen-bond acceptors (Lipinski definition) is 5. The molecule has 0 bridgehead atoms. The fourth-order valence-electron chi connectivity index (χ4n) is 4.60. The maximum atomic E-state index is 12.7. The normalized spacial score (nSPS) is 20.6. The van der Waals surface area contributed by atoms with Crippen molar-refractivity contribution < 1.29 is 14.6 Å². The number of esters is 1. The lowest BCUT2D eigenvalue weighted by Crippen LogP contribution is -2.46. The number of rotatable bonds is 10. The molecule has 5 heteroatoms. The molecule has 30 heavy (non-hydrogen) atoms. The second-order valence-corrected chi connectivity index (χ2v) is 8.06. The zero-order valence-electron chi connectivity index (χ0n) is 18.0. The molecule has 5 nitrogen and oxygen atoms in total. The van der Waals surface area contributed by atoms with Gasteiger partial charge < -0.3 is 20.5 Å². The molecule has 4 atom stereocenters. The third-order valence-electron chi connectivity index (χ3n) is 6.11. The van der Waals surface area contributed by atoms with Crippen LogP contribution in [0.25, 0.3) is 0 Å². The Labute approximate surface area is 179 Å². The molecule has 0 aliphatic carbocycles. The monoisotopic (exact) mass is 410 g/mol. The number of carbonyl (C=O) groups is 1. The molecule has 1 heterocycles. The summed E-state index contributed by atoms with van der Waals surface area (Å²) >= 11 is 0. The van der Waals surface area contributed by atoms with E-state index in [4.69, 9.17) is 4.74 Å². The first-order valence-corrected chi connectivity index (χ1v) is 11.0. The maximum absolute atomic E-state index is 12.7. The zero-order chi connectivity index (χ0) is 21.3. The number of nitrogens with one attached hydrogen (secondary N) is 2. The molecule has 0 spiro atoms. The smallest absolute Gasteiger partial charge is 0.323 e. The molecule has 0 aromatic heterocycles. The van der Waals surface area contributed by atoms with Crippen molar-refractivity contribution >= 4 is 5.97 Å². The van der Waals surface area contributed by atoms with Crippen LogP contribution in [0.5, 0.6) is 0 Å². The molecule has 0 radical (unpaired) electrons. The maximum Gasteiger partial charge on any atom is 0.323 e. The summed E-state index contributed by atoms with van der Waals surface area (Å²) < 4.78 is 5.57. The Morgan fingerprint density at radius 1 is 1.17 bits per heavy atom. The van der Waals surface area contributed by atoms with Crippen LogP contribution in [-0.4, -0.2) is 36.2 Å². The van der Waals surface area contributed by atoms with Gasteiger partial charge in [0.25, 0.3) is 0 Å². The minimum atomic E-state index is -0.290. The van der Waals surface area contributed by atoms with Crippen molar-refractivity contribution in [3.05, 3.63) is 71.3 Å². The van der Waals surface area contributed by atoms with Crippen LogP contribution in [0.3, 0.4) is 0 Å². The van der Waals surface area contributed by atoms with Gasteiger partial charge in [0.1, 0.15) is 12.6 Å². The van der Waals surface area contributed by atoms with Crippen LogP contribution < -0.4 is 10.6 Å². The summed E-state index contributed by atoms with van der Waals surface area (Å²) in [6.07, 6.45) is 3.76. The van der Waals surface area contributed by atoms with Crippen molar-refractivity contribution in [2.45, 2.75) is 69.9 Å². The summed E-state index contributed by atoms with van der Waals surface area (Å²) in [6, 6.07) is 18.0. The molecule has 4 unspecified atom stereocenters. The van der Waals surface area contributed by atoms with Gasteiger partial charge in [-0.25, -0.2) is 0 Å². The van der Waals surface area contributed by atoms with Gasteiger partial charge in [0.2, 0.25) is 0 Å². The van der Waals surface area contributed by atoms with Crippen LogP contribution in [0.2, 0.25) is 0 Å². The fourth-order valence-corrected chi connectivity index (χ4v) is 4.60. The lowest BCUT2D eigenvalue weighted by molar-refractivity contribution is -0.147. The van der Waals surface area contributed by atoms with Gasteiger partial charge in [-0.3, -0.25) is 4.79 Å². The van der Waals surface area contributed by atoms with E-state index in [1.165, 1.54) is 0 Å². The topological polar surface area (TPSA) is 70.6 Å². The molecule has 1 aliphatic rings. The summed E-state index contributed by atoms with van der Waals surface area (Å²) in [5.41, 5.74) is 3.10. The van der Waals surface area contributed by atoms with E-state index < -0.39 is 0 Å². The number of carbonyl (C=O) groups excluding carboxylic acids is 1. The van der Waals surface area contributed by atoms with E-state index in [0.29, 0.717) is 6.61 Å². The Morgan fingerprint density at radius 2 is 1.90 bits per heavy atom. The van der Waals surface area contributed by atoms with E-state index in [1.807, 2.05) is 55.6 Å². The van der Waals surface area contributed by atoms with E-state index in [-0.39, 0.29) is 36.6 Å². The molecular formula is C25H34N2O3. The van der Waals surface area contributed by atoms with Gasteiger partial charge >= 0.3 is 5.97 Å². The Kier molecular flexibility index (Phi) is 8.43. The van der Waals surface area contributed by atoms with E-state index in [1.54, 1.807) is 0 Å². The average molecular weight is 411 g/mol. The van der Waals surface area contributed by atoms with Gasteiger partial charge in [0, 0.05) is 18.0 Å². The second kappa shape index (κ2) is 11.3. The van der Waals surface area contributed by atoms with E-state index in [9.17, 15) is 9.90 Å². The molecule has 0 saturated carbocycles.